The number of nitrogens with zero attached hydrogens (tertiary/aromatic N) is 2. The Bertz CT molecular complexity index is 1050. The molecular weight excluding hydrogens is 364 g/mol. The summed E-state index contributed by atoms with van der Waals surface area (Å²) in [4.78, 5) is 24.8. The lowest BCUT2D eigenvalue weighted by atomic mass is 10.1. The monoisotopic (exact) mass is 384 g/mol. The quantitative estimate of drug-likeness (QED) is 0.514. The van der Waals surface area contributed by atoms with Gasteiger partial charge in [-0.15, -0.1) is 0 Å². The smallest absolute Gasteiger partial charge is 0.342 e. The molecule has 8 nitrogen and oxygen atoms in total. The van der Waals surface area contributed by atoms with E-state index in [1.54, 1.807) is 36.6 Å². The van der Waals surface area contributed by atoms with E-state index in [-0.39, 0.29) is 22.8 Å². The van der Waals surface area contributed by atoms with E-state index in [0.29, 0.717) is 22.8 Å². The van der Waals surface area contributed by atoms with Gasteiger partial charge in [-0.3, -0.25) is 9.36 Å². The number of methoxy groups -OCH3 is 1. The van der Waals surface area contributed by atoms with E-state index in [9.17, 15) is 14.7 Å². The number of aromatic nitrogens is 2. The second-order valence-corrected chi connectivity index (χ2v) is 6.27. The first-order valence-corrected chi connectivity index (χ1v) is 8.52. The highest BCUT2D eigenvalue weighted by Gasteiger charge is 2.21. The number of ketones is 1. The van der Waals surface area contributed by atoms with E-state index in [4.69, 9.17) is 14.0 Å². The molecule has 1 N–H and O–H groups in total. The van der Waals surface area contributed by atoms with E-state index in [2.05, 4.69) is 5.16 Å². The summed E-state index contributed by atoms with van der Waals surface area (Å²) in [6.45, 7) is 4.94. The van der Waals surface area contributed by atoms with Gasteiger partial charge in [0, 0.05) is 23.0 Å². The van der Waals surface area contributed by atoms with E-state index in [1.807, 2.05) is 6.92 Å². The van der Waals surface area contributed by atoms with Crippen molar-refractivity contribution >= 4 is 11.8 Å². The van der Waals surface area contributed by atoms with Crippen molar-refractivity contribution in [2.45, 2.75) is 20.8 Å². The summed E-state index contributed by atoms with van der Waals surface area (Å²) in [6.07, 6.45) is 0. The molecule has 0 atom stereocenters. The van der Waals surface area contributed by atoms with E-state index < -0.39 is 12.6 Å². The second kappa shape index (κ2) is 7.59. The molecule has 146 valence electrons. The fraction of sp³-hybridized carbons (Fsp3) is 0.250. The molecule has 0 aliphatic heterocycles. The first-order chi connectivity index (χ1) is 13.3. The van der Waals surface area contributed by atoms with Crippen molar-refractivity contribution in [2.75, 3.05) is 13.7 Å². The number of aromatic hydroxyl groups is 1. The Morgan fingerprint density at radius 3 is 2.57 bits per heavy atom. The maximum absolute atomic E-state index is 12.6. The van der Waals surface area contributed by atoms with Crippen LogP contribution in [-0.4, -0.2) is 40.3 Å². The summed E-state index contributed by atoms with van der Waals surface area (Å²) in [7, 11) is 1.37. The maximum atomic E-state index is 12.6. The van der Waals surface area contributed by atoms with Crippen molar-refractivity contribution < 1.29 is 28.7 Å². The van der Waals surface area contributed by atoms with Crippen LogP contribution in [0, 0.1) is 20.8 Å². The minimum Gasteiger partial charge on any atom is -0.504 e. The Hall–Kier alpha value is -3.55. The molecule has 2 heterocycles. The molecule has 3 rings (SSSR count). The highest BCUT2D eigenvalue weighted by Crippen LogP contribution is 2.30. The van der Waals surface area contributed by atoms with Crippen LogP contribution >= 0.6 is 0 Å². The zero-order chi connectivity index (χ0) is 20.4. The number of rotatable bonds is 6. The molecule has 1 aromatic carbocycles. The molecule has 0 bridgehead atoms. The number of para-hydroxylation sites is 1. The normalized spacial score (nSPS) is 10.7. The van der Waals surface area contributed by atoms with Gasteiger partial charge in [0.2, 0.25) is 5.78 Å². The number of phenols is 1. The Balaban J connectivity index is 1.77. The maximum Gasteiger partial charge on any atom is 0.342 e. The second-order valence-electron chi connectivity index (χ2n) is 6.27. The zero-order valence-electron chi connectivity index (χ0n) is 16.0. The number of phenolic OH excluding ortho intramolecular Hbond substituents is 1. The topological polar surface area (TPSA) is 104 Å². The Morgan fingerprint density at radius 2 is 1.93 bits per heavy atom. The molecule has 0 radical (unpaired) electrons. The molecule has 28 heavy (non-hydrogen) atoms. The number of carbonyl (C=O) groups excluding carboxylic acids is 2. The predicted molar refractivity (Wildman–Crippen MR) is 99.3 cm³/mol. The van der Waals surface area contributed by atoms with Crippen LogP contribution < -0.4 is 4.74 Å². The lowest BCUT2D eigenvalue weighted by Gasteiger charge is -2.09. The summed E-state index contributed by atoms with van der Waals surface area (Å²) in [5.41, 5.74) is 1.80. The van der Waals surface area contributed by atoms with Gasteiger partial charge in [0.1, 0.15) is 11.3 Å². The standard InChI is InChI=1S/C20H20N2O6/c1-11-8-15(13(3)22(11)18-9-12(2)28-21-18)16(23)10-27-20(25)14-6-5-7-17(26-4)19(14)24/h5-9,24H,10H2,1-4H3. The van der Waals surface area contributed by atoms with Crippen LogP contribution in [0.15, 0.2) is 34.9 Å². The zero-order valence-corrected chi connectivity index (χ0v) is 16.0. The molecule has 0 amide bonds. The molecular formula is C20H20N2O6. The first kappa shape index (κ1) is 19.2. The van der Waals surface area contributed by atoms with Crippen molar-refractivity contribution in [2.24, 2.45) is 0 Å². The third-order valence-electron chi connectivity index (χ3n) is 4.35. The fourth-order valence-corrected chi connectivity index (χ4v) is 2.99. The third kappa shape index (κ3) is 3.48. The highest BCUT2D eigenvalue weighted by atomic mass is 16.5. The SMILES string of the molecule is COc1cccc(C(=O)OCC(=O)c2cc(C)n(-c3cc(C)on3)c2C)c1O. The number of hydrogen-bond donors (Lipinski definition) is 1. The minimum atomic E-state index is -0.814. The number of benzene rings is 1. The van der Waals surface area contributed by atoms with Crippen LogP contribution in [0.5, 0.6) is 11.5 Å². The lowest BCUT2D eigenvalue weighted by Crippen LogP contribution is -2.15. The van der Waals surface area contributed by atoms with Gasteiger partial charge >= 0.3 is 5.97 Å². The molecule has 0 spiro atoms. The van der Waals surface area contributed by atoms with Gasteiger partial charge in [-0.05, 0) is 39.0 Å². The van der Waals surface area contributed by atoms with Gasteiger partial charge in [0.05, 0.1) is 7.11 Å². The molecule has 0 unspecified atom stereocenters. The van der Waals surface area contributed by atoms with Gasteiger partial charge in [-0.2, -0.15) is 0 Å². The van der Waals surface area contributed by atoms with Crippen molar-refractivity contribution in [1.29, 1.82) is 0 Å². The van der Waals surface area contributed by atoms with E-state index in [1.165, 1.54) is 19.2 Å². The van der Waals surface area contributed by atoms with Crippen molar-refractivity contribution in [3.8, 4) is 17.3 Å². The number of Topliss-reactive ketones (excluding diaryl/α,β-unsaturated/α-hetero) is 1. The van der Waals surface area contributed by atoms with Crippen LogP contribution in [0.2, 0.25) is 0 Å². The number of esters is 1. The minimum absolute atomic E-state index is 0.0734. The lowest BCUT2D eigenvalue weighted by molar-refractivity contribution is 0.0471. The van der Waals surface area contributed by atoms with E-state index >= 15 is 0 Å². The van der Waals surface area contributed by atoms with Crippen LogP contribution in [0.4, 0.5) is 0 Å². The molecule has 3 aromatic rings. The molecule has 8 heteroatoms. The van der Waals surface area contributed by atoms with Gasteiger partial charge in [-0.1, -0.05) is 11.2 Å². The molecule has 0 fully saturated rings. The average molecular weight is 384 g/mol. The number of carbonyl (C=O) groups is 2. The Labute approximate surface area is 161 Å². The van der Waals surface area contributed by atoms with Crippen LogP contribution in [0.3, 0.4) is 0 Å². The number of ether oxygens (including phenoxy) is 2. The summed E-state index contributed by atoms with van der Waals surface area (Å²) < 4.78 is 16.9. The van der Waals surface area contributed by atoms with Gasteiger partial charge in [-0.25, -0.2) is 4.79 Å². The fourth-order valence-electron chi connectivity index (χ4n) is 2.99. The van der Waals surface area contributed by atoms with Gasteiger partial charge in [0.15, 0.2) is 23.9 Å². The first-order valence-electron chi connectivity index (χ1n) is 8.52. The largest absolute Gasteiger partial charge is 0.504 e. The Morgan fingerprint density at radius 1 is 1.18 bits per heavy atom. The molecule has 0 aliphatic carbocycles. The molecule has 0 saturated heterocycles. The van der Waals surface area contributed by atoms with Crippen LogP contribution in [0.1, 0.15) is 37.9 Å². The van der Waals surface area contributed by atoms with Crippen molar-refractivity contribution in [3.05, 3.63) is 58.6 Å². The Kier molecular flexibility index (Phi) is 5.21. The summed E-state index contributed by atoms with van der Waals surface area (Å²) in [6, 6.07) is 7.92. The third-order valence-corrected chi connectivity index (χ3v) is 4.35. The molecule has 2 aromatic heterocycles. The average Bonchev–Trinajstić information content (AvgIpc) is 3.22. The van der Waals surface area contributed by atoms with Gasteiger partial charge < -0.3 is 19.1 Å². The molecule has 0 saturated carbocycles. The summed E-state index contributed by atoms with van der Waals surface area (Å²) >= 11 is 0. The van der Waals surface area contributed by atoms with Crippen molar-refractivity contribution in [1.82, 2.24) is 9.72 Å². The van der Waals surface area contributed by atoms with E-state index in [0.717, 1.165) is 5.69 Å². The highest BCUT2D eigenvalue weighted by molar-refractivity contribution is 6.01. The number of hydrogen-bond acceptors (Lipinski definition) is 7. The van der Waals surface area contributed by atoms with Gasteiger partial charge in [0.25, 0.3) is 0 Å². The summed E-state index contributed by atoms with van der Waals surface area (Å²) in [5, 5.41) is 14.0. The number of aryl methyl sites for hydroxylation is 2. The van der Waals surface area contributed by atoms with Crippen LogP contribution in [-0.2, 0) is 4.74 Å². The van der Waals surface area contributed by atoms with Crippen molar-refractivity contribution in [3.63, 3.8) is 0 Å². The van der Waals surface area contributed by atoms with Crippen LogP contribution in [0.25, 0.3) is 5.82 Å². The predicted octanol–water partition coefficient (Wildman–Crippen LogP) is 3.14. The molecule has 0 aliphatic rings. The summed E-state index contributed by atoms with van der Waals surface area (Å²) in [5.74, 6) is -0.137.